The molecule has 0 bridgehead atoms. The Morgan fingerprint density at radius 1 is 1.41 bits per heavy atom. The van der Waals surface area contributed by atoms with Crippen LogP contribution in [0.5, 0.6) is 0 Å². The molecule has 1 aromatic heterocycles. The minimum atomic E-state index is -0.344. The molecule has 1 aromatic carbocycles. The Morgan fingerprint density at radius 2 is 2.18 bits per heavy atom. The maximum atomic E-state index is 11.5. The standard InChI is InChI=1S/C12H12N2O3/c1-2-17-11(15)7-14-8-13-12(16)9-5-3-4-6-10(9)14/h3-6,8H,2,7H2,1H3. The highest BCUT2D eigenvalue weighted by atomic mass is 16.5. The van der Waals surface area contributed by atoms with Gasteiger partial charge in [0.25, 0.3) is 5.56 Å². The molecule has 2 aromatic rings. The number of ether oxygens (including phenoxy) is 1. The summed E-state index contributed by atoms with van der Waals surface area (Å²) in [4.78, 5) is 26.6. The van der Waals surface area contributed by atoms with Gasteiger partial charge in [0.1, 0.15) is 6.54 Å². The Hall–Kier alpha value is -2.17. The first-order valence-corrected chi connectivity index (χ1v) is 5.32. The number of hydrogen-bond acceptors (Lipinski definition) is 4. The van der Waals surface area contributed by atoms with E-state index >= 15 is 0 Å². The summed E-state index contributed by atoms with van der Waals surface area (Å²) < 4.78 is 6.47. The molecule has 0 spiro atoms. The number of para-hydroxylation sites is 1. The van der Waals surface area contributed by atoms with Gasteiger partial charge in [-0.15, -0.1) is 0 Å². The van der Waals surface area contributed by atoms with Crippen molar-refractivity contribution in [3.05, 3.63) is 40.9 Å². The van der Waals surface area contributed by atoms with E-state index in [1.807, 2.05) is 6.07 Å². The van der Waals surface area contributed by atoms with Gasteiger partial charge in [-0.3, -0.25) is 9.59 Å². The third kappa shape index (κ3) is 2.33. The highest BCUT2D eigenvalue weighted by Gasteiger charge is 2.07. The Balaban J connectivity index is 2.45. The van der Waals surface area contributed by atoms with Gasteiger partial charge in [-0.1, -0.05) is 12.1 Å². The highest BCUT2D eigenvalue weighted by molar-refractivity contribution is 5.79. The number of aromatic nitrogens is 2. The molecule has 2 rings (SSSR count). The summed E-state index contributed by atoms with van der Waals surface area (Å²) >= 11 is 0. The van der Waals surface area contributed by atoms with Crippen LogP contribution in [0.2, 0.25) is 0 Å². The zero-order valence-corrected chi connectivity index (χ0v) is 9.42. The fourth-order valence-corrected chi connectivity index (χ4v) is 1.63. The van der Waals surface area contributed by atoms with Gasteiger partial charge >= 0.3 is 5.97 Å². The lowest BCUT2D eigenvalue weighted by molar-refractivity contribution is -0.143. The number of benzene rings is 1. The maximum Gasteiger partial charge on any atom is 0.325 e. The molecule has 0 fully saturated rings. The summed E-state index contributed by atoms with van der Waals surface area (Å²) in [5.41, 5.74) is 0.390. The molecule has 0 aliphatic carbocycles. The second-order valence-corrected chi connectivity index (χ2v) is 3.50. The van der Waals surface area contributed by atoms with Gasteiger partial charge in [-0.25, -0.2) is 0 Å². The fourth-order valence-electron chi connectivity index (χ4n) is 1.63. The lowest BCUT2D eigenvalue weighted by atomic mass is 10.2. The number of rotatable bonds is 3. The van der Waals surface area contributed by atoms with Crippen molar-refractivity contribution >= 4 is 16.9 Å². The van der Waals surface area contributed by atoms with Gasteiger partial charge in [0, 0.05) is 0 Å². The normalized spacial score (nSPS) is 10.4. The number of carbonyl (C=O) groups excluding carboxylic acids is 1. The summed E-state index contributed by atoms with van der Waals surface area (Å²) in [5, 5.41) is 0.499. The molecular weight excluding hydrogens is 220 g/mol. The first-order chi connectivity index (χ1) is 8.22. The van der Waals surface area contributed by atoms with Gasteiger partial charge in [0.05, 0.1) is 23.8 Å². The van der Waals surface area contributed by atoms with E-state index < -0.39 is 0 Å². The maximum absolute atomic E-state index is 11.5. The minimum absolute atomic E-state index is 0.0572. The van der Waals surface area contributed by atoms with Crippen molar-refractivity contribution in [2.75, 3.05) is 6.61 Å². The van der Waals surface area contributed by atoms with Crippen LogP contribution in [0.4, 0.5) is 0 Å². The van der Waals surface area contributed by atoms with Crippen molar-refractivity contribution in [3.63, 3.8) is 0 Å². The van der Waals surface area contributed by atoms with Crippen LogP contribution in [0.15, 0.2) is 35.4 Å². The van der Waals surface area contributed by atoms with Crippen LogP contribution in [0.3, 0.4) is 0 Å². The molecule has 5 nitrogen and oxygen atoms in total. The fraction of sp³-hybridized carbons (Fsp3) is 0.250. The molecule has 0 unspecified atom stereocenters. The second-order valence-electron chi connectivity index (χ2n) is 3.50. The van der Waals surface area contributed by atoms with Crippen LogP contribution in [-0.4, -0.2) is 22.1 Å². The molecule has 0 saturated heterocycles. The molecule has 88 valence electrons. The molecule has 0 atom stereocenters. The number of fused-ring (bicyclic) bond motifs is 1. The molecule has 5 heteroatoms. The number of carbonyl (C=O) groups is 1. The molecule has 1 heterocycles. The topological polar surface area (TPSA) is 61.2 Å². The van der Waals surface area contributed by atoms with E-state index in [1.165, 1.54) is 6.33 Å². The van der Waals surface area contributed by atoms with Crippen molar-refractivity contribution in [1.82, 2.24) is 9.55 Å². The van der Waals surface area contributed by atoms with Gasteiger partial charge in [0.2, 0.25) is 0 Å². The number of nitrogens with zero attached hydrogens (tertiary/aromatic N) is 2. The Bertz CT molecular complexity index is 604. The lowest BCUT2D eigenvalue weighted by Crippen LogP contribution is -2.18. The molecule has 0 aliphatic rings. The smallest absolute Gasteiger partial charge is 0.325 e. The third-order valence-corrected chi connectivity index (χ3v) is 2.36. The predicted molar refractivity (Wildman–Crippen MR) is 62.6 cm³/mol. The Labute approximate surface area is 97.7 Å². The van der Waals surface area contributed by atoms with E-state index in [2.05, 4.69) is 4.98 Å². The second kappa shape index (κ2) is 4.78. The first-order valence-electron chi connectivity index (χ1n) is 5.32. The largest absolute Gasteiger partial charge is 0.465 e. The zero-order valence-electron chi connectivity index (χ0n) is 9.42. The van der Waals surface area contributed by atoms with Crippen molar-refractivity contribution in [2.24, 2.45) is 0 Å². The Kier molecular flexibility index (Phi) is 3.18. The van der Waals surface area contributed by atoms with Crippen molar-refractivity contribution < 1.29 is 9.53 Å². The van der Waals surface area contributed by atoms with Gasteiger partial charge in [-0.2, -0.15) is 4.98 Å². The molecule has 0 radical (unpaired) electrons. The zero-order chi connectivity index (χ0) is 12.3. The van der Waals surface area contributed by atoms with Crippen LogP contribution >= 0.6 is 0 Å². The first kappa shape index (κ1) is 11.3. The van der Waals surface area contributed by atoms with Crippen LogP contribution in [0, 0.1) is 0 Å². The van der Waals surface area contributed by atoms with E-state index in [0.29, 0.717) is 17.5 Å². The summed E-state index contributed by atoms with van der Waals surface area (Å²) in [6.45, 7) is 2.14. The Morgan fingerprint density at radius 3 is 2.94 bits per heavy atom. The van der Waals surface area contributed by atoms with Gasteiger partial charge in [0.15, 0.2) is 0 Å². The minimum Gasteiger partial charge on any atom is -0.465 e. The molecule has 0 amide bonds. The van der Waals surface area contributed by atoms with Gasteiger partial charge < -0.3 is 9.30 Å². The van der Waals surface area contributed by atoms with Crippen LogP contribution in [0.1, 0.15) is 6.92 Å². The van der Waals surface area contributed by atoms with Crippen molar-refractivity contribution in [2.45, 2.75) is 13.5 Å². The summed E-state index contributed by atoms with van der Waals surface area (Å²) in [7, 11) is 0. The summed E-state index contributed by atoms with van der Waals surface area (Å²) in [6, 6.07) is 7.04. The monoisotopic (exact) mass is 232 g/mol. The van der Waals surface area contributed by atoms with E-state index in [0.717, 1.165) is 0 Å². The van der Waals surface area contributed by atoms with E-state index in [9.17, 15) is 9.59 Å². The molecular formula is C12H12N2O3. The lowest BCUT2D eigenvalue weighted by Gasteiger charge is -2.08. The number of esters is 1. The van der Waals surface area contributed by atoms with Gasteiger partial charge in [-0.05, 0) is 19.1 Å². The molecule has 17 heavy (non-hydrogen) atoms. The van der Waals surface area contributed by atoms with E-state index in [1.54, 1.807) is 29.7 Å². The van der Waals surface area contributed by atoms with E-state index in [4.69, 9.17) is 4.74 Å². The van der Waals surface area contributed by atoms with Crippen molar-refractivity contribution in [3.8, 4) is 0 Å². The SMILES string of the molecule is CCOC(=O)Cn1cnc(=O)c2ccccc21. The molecule has 0 saturated carbocycles. The average molecular weight is 232 g/mol. The van der Waals surface area contributed by atoms with Crippen molar-refractivity contribution in [1.29, 1.82) is 0 Å². The van der Waals surface area contributed by atoms with Crippen LogP contribution < -0.4 is 5.56 Å². The van der Waals surface area contributed by atoms with Crippen LogP contribution in [0.25, 0.3) is 10.9 Å². The summed E-state index contributed by atoms with van der Waals surface area (Å²) in [5.74, 6) is -0.344. The highest BCUT2D eigenvalue weighted by Crippen LogP contribution is 2.08. The average Bonchev–Trinajstić information content (AvgIpc) is 2.34. The quantitative estimate of drug-likeness (QED) is 0.739. The summed E-state index contributed by atoms with van der Waals surface area (Å²) in [6.07, 6.45) is 1.36. The molecule has 0 aliphatic heterocycles. The molecule has 0 N–H and O–H groups in total. The van der Waals surface area contributed by atoms with E-state index in [-0.39, 0.29) is 18.1 Å². The third-order valence-electron chi connectivity index (χ3n) is 2.36. The van der Waals surface area contributed by atoms with Crippen LogP contribution in [-0.2, 0) is 16.1 Å². The number of hydrogen-bond donors (Lipinski definition) is 0. The predicted octanol–water partition coefficient (Wildman–Crippen LogP) is 0.960.